The van der Waals surface area contributed by atoms with Crippen LogP contribution in [0.4, 0.5) is 5.69 Å². The van der Waals surface area contributed by atoms with Crippen molar-refractivity contribution in [2.45, 2.75) is 25.7 Å². The van der Waals surface area contributed by atoms with Crippen LogP contribution in [0.15, 0.2) is 34.6 Å². The summed E-state index contributed by atoms with van der Waals surface area (Å²) in [5, 5.41) is 9.19. The van der Waals surface area contributed by atoms with Crippen molar-refractivity contribution in [2.24, 2.45) is 13.0 Å². The fourth-order valence-electron chi connectivity index (χ4n) is 3.07. The summed E-state index contributed by atoms with van der Waals surface area (Å²) in [5.74, 6) is 0.632. The second-order valence-electron chi connectivity index (χ2n) is 6.49. The van der Waals surface area contributed by atoms with Crippen molar-refractivity contribution < 1.29 is 4.79 Å². The molecule has 6 nitrogen and oxygen atoms in total. The van der Waals surface area contributed by atoms with Gasteiger partial charge >= 0.3 is 0 Å². The Balaban J connectivity index is 1.39. The molecule has 3 rings (SSSR count). The minimum absolute atomic E-state index is 0.0855. The van der Waals surface area contributed by atoms with E-state index < -0.39 is 0 Å². The summed E-state index contributed by atoms with van der Waals surface area (Å²) < 4.78 is 1.34. The van der Waals surface area contributed by atoms with Crippen LogP contribution >= 0.6 is 11.3 Å². The maximum Gasteiger partial charge on any atom is 0.268 e. The SMILES string of the molecule is Cn1ncc(N2CCC(CNC(=O)CCc3cccs3)CC2)cc1=O. The number of hydrogen-bond acceptors (Lipinski definition) is 5. The Morgan fingerprint density at radius 3 is 2.88 bits per heavy atom. The molecule has 0 aromatic carbocycles. The van der Waals surface area contributed by atoms with Crippen molar-refractivity contribution in [1.29, 1.82) is 0 Å². The zero-order valence-corrected chi connectivity index (χ0v) is 15.3. The first-order valence-electron chi connectivity index (χ1n) is 8.69. The van der Waals surface area contributed by atoms with Crippen LogP contribution < -0.4 is 15.8 Å². The van der Waals surface area contributed by atoms with Gasteiger partial charge in [0.15, 0.2) is 0 Å². The van der Waals surface area contributed by atoms with E-state index in [9.17, 15) is 9.59 Å². The number of rotatable bonds is 6. The van der Waals surface area contributed by atoms with Gasteiger partial charge in [-0.1, -0.05) is 6.07 Å². The third kappa shape index (κ3) is 4.92. The van der Waals surface area contributed by atoms with E-state index in [4.69, 9.17) is 0 Å². The summed E-state index contributed by atoms with van der Waals surface area (Å²) in [6.45, 7) is 2.53. The third-order valence-corrected chi connectivity index (χ3v) is 5.64. The molecule has 0 aliphatic carbocycles. The average Bonchev–Trinajstić information content (AvgIpc) is 3.14. The highest BCUT2D eigenvalue weighted by Crippen LogP contribution is 2.21. The van der Waals surface area contributed by atoms with Gasteiger partial charge in [0, 0.05) is 44.0 Å². The van der Waals surface area contributed by atoms with Crippen LogP contribution in [-0.2, 0) is 18.3 Å². The van der Waals surface area contributed by atoms with Gasteiger partial charge in [-0.3, -0.25) is 9.59 Å². The molecular formula is C18H24N4O2S. The third-order valence-electron chi connectivity index (χ3n) is 4.70. The quantitative estimate of drug-likeness (QED) is 0.853. The maximum atomic E-state index is 12.0. The summed E-state index contributed by atoms with van der Waals surface area (Å²) in [4.78, 5) is 27.1. The molecule has 7 heteroatoms. The molecule has 1 amide bonds. The van der Waals surface area contributed by atoms with Crippen molar-refractivity contribution >= 4 is 22.9 Å². The highest BCUT2D eigenvalue weighted by Gasteiger charge is 2.20. The highest BCUT2D eigenvalue weighted by molar-refractivity contribution is 7.09. The number of nitrogens with one attached hydrogen (secondary N) is 1. The van der Waals surface area contributed by atoms with Gasteiger partial charge in [-0.05, 0) is 36.6 Å². The number of carbonyl (C=O) groups is 1. The topological polar surface area (TPSA) is 67.2 Å². The molecule has 1 aliphatic rings. The summed E-state index contributed by atoms with van der Waals surface area (Å²) >= 11 is 1.70. The lowest BCUT2D eigenvalue weighted by molar-refractivity contribution is -0.121. The van der Waals surface area contributed by atoms with Crippen LogP contribution in [0.5, 0.6) is 0 Å². The summed E-state index contributed by atoms with van der Waals surface area (Å²) in [7, 11) is 1.65. The Morgan fingerprint density at radius 2 is 2.20 bits per heavy atom. The zero-order valence-electron chi connectivity index (χ0n) is 14.5. The van der Waals surface area contributed by atoms with E-state index in [1.807, 2.05) is 11.4 Å². The minimum atomic E-state index is -0.0855. The molecule has 2 aromatic rings. The maximum absolute atomic E-state index is 12.0. The van der Waals surface area contributed by atoms with E-state index in [0.29, 0.717) is 12.3 Å². The van der Waals surface area contributed by atoms with Gasteiger partial charge in [0.25, 0.3) is 5.56 Å². The second kappa shape index (κ2) is 8.29. The lowest BCUT2D eigenvalue weighted by Gasteiger charge is -2.33. The average molecular weight is 360 g/mol. The molecular weight excluding hydrogens is 336 g/mol. The Bertz CT molecular complexity index is 749. The van der Waals surface area contributed by atoms with Crippen LogP contribution in [-0.4, -0.2) is 35.3 Å². The van der Waals surface area contributed by atoms with Gasteiger partial charge < -0.3 is 10.2 Å². The fourth-order valence-corrected chi connectivity index (χ4v) is 3.78. The first-order chi connectivity index (χ1) is 12.1. The minimum Gasteiger partial charge on any atom is -0.370 e. The predicted octanol–water partition coefficient (Wildman–Crippen LogP) is 1.81. The fraction of sp³-hybridized carbons (Fsp3) is 0.500. The van der Waals surface area contributed by atoms with Gasteiger partial charge in [-0.2, -0.15) is 5.10 Å². The molecule has 0 radical (unpaired) electrons. The summed E-state index contributed by atoms with van der Waals surface area (Å²) in [6, 6.07) is 5.73. The van der Waals surface area contributed by atoms with Crippen molar-refractivity contribution in [1.82, 2.24) is 15.1 Å². The van der Waals surface area contributed by atoms with Crippen molar-refractivity contribution in [2.75, 3.05) is 24.5 Å². The molecule has 0 unspecified atom stereocenters. The number of carbonyl (C=O) groups excluding carboxylic acids is 1. The van der Waals surface area contributed by atoms with Crippen molar-refractivity contribution in [3.63, 3.8) is 0 Å². The van der Waals surface area contributed by atoms with E-state index in [-0.39, 0.29) is 11.5 Å². The smallest absolute Gasteiger partial charge is 0.268 e. The number of nitrogens with zero attached hydrogens (tertiary/aromatic N) is 3. The first kappa shape index (κ1) is 17.7. The summed E-state index contributed by atoms with van der Waals surface area (Å²) in [6.07, 6.45) is 5.14. The molecule has 0 bridgehead atoms. The Labute approximate surface area is 151 Å². The number of hydrogen-bond donors (Lipinski definition) is 1. The lowest BCUT2D eigenvalue weighted by atomic mass is 9.96. The number of amides is 1. The molecule has 0 saturated carbocycles. The second-order valence-corrected chi connectivity index (χ2v) is 7.52. The van der Waals surface area contributed by atoms with Crippen LogP contribution in [0.3, 0.4) is 0 Å². The van der Waals surface area contributed by atoms with Crippen LogP contribution in [0, 0.1) is 5.92 Å². The van der Waals surface area contributed by atoms with Crippen LogP contribution in [0.1, 0.15) is 24.1 Å². The number of thiophene rings is 1. The Kier molecular flexibility index (Phi) is 5.86. The highest BCUT2D eigenvalue weighted by atomic mass is 32.1. The van der Waals surface area contributed by atoms with Crippen LogP contribution in [0.2, 0.25) is 0 Å². The van der Waals surface area contributed by atoms with Crippen molar-refractivity contribution in [3.8, 4) is 0 Å². The molecule has 2 aromatic heterocycles. The van der Waals surface area contributed by atoms with E-state index in [2.05, 4.69) is 21.4 Å². The molecule has 1 fully saturated rings. The normalized spacial score (nSPS) is 15.3. The first-order valence-corrected chi connectivity index (χ1v) is 9.57. The van der Waals surface area contributed by atoms with E-state index >= 15 is 0 Å². The standard InChI is InChI=1S/C18H24N4O2S/c1-21-18(24)11-15(13-20-21)22-8-6-14(7-9-22)12-19-17(23)5-4-16-3-2-10-25-16/h2-3,10-11,13-14H,4-9,12H2,1H3,(H,19,23). The molecule has 0 spiro atoms. The van der Waals surface area contributed by atoms with E-state index in [1.165, 1.54) is 9.56 Å². The number of anilines is 1. The Hall–Kier alpha value is -2.15. The van der Waals surface area contributed by atoms with E-state index in [1.54, 1.807) is 30.6 Å². The largest absolute Gasteiger partial charge is 0.370 e. The van der Waals surface area contributed by atoms with Gasteiger partial charge in [0.1, 0.15) is 0 Å². The van der Waals surface area contributed by atoms with Gasteiger partial charge in [-0.25, -0.2) is 4.68 Å². The van der Waals surface area contributed by atoms with Crippen molar-refractivity contribution in [3.05, 3.63) is 45.0 Å². The molecule has 0 atom stereocenters. The molecule has 1 aliphatic heterocycles. The summed E-state index contributed by atoms with van der Waals surface area (Å²) in [5.41, 5.74) is 0.805. The number of aromatic nitrogens is 2. The Morgan fingerprint density at radius 1 is 1.40 bits per heavy atom. The molecule has 25 heavy (non-hydrogen) atoms. The zero-order chi connectivity index (χ0) is 17.6. The molecule has 134 valence electrons. The number of piperidine rings is 1. The number of aryl methyl sites for hydroxylation is 2. The van der Waals surface area contributed by atoms with Gasteiger partial charge in [0.2, 0.25) is 5.91 Å². The van der Waals surface area contributed by atoms with Gasteiger partial charge in [0.05, 0.1) is 11.9 Å². The lowest BCUT2D eigenvalue weighted by Crippen LogP contribution is -2.39. The molecule has 3 heterocycles. The van der Waals surface area contributed by atoms with Crippen LogP contribution in [0.25, 0.3) is 0 Å². The molecule has 1 N–H and O–H groups in total. The van der Waals surface area contributed by atoms with E-state index in [0.717, 1.165) is 44.6 Å². The van der Waals surface area contributed by atoms with Gasteiger partial charge in [-0.15, -0.1) is 11.3 Å². The predicted molar refractivity (Wildman–Crippen MR) is 100 cm³/mol. The molecule has 1 saturated heterocycles. The monoisotopic (exact) mass is 360 g/mol.